The summed E-state index contributed by atoms with van der Waals surface area (Å²) >= 11 is 0. The highest BCUT2D eigenvalue weighted by Gasteiger charge is 2.25. The molecule has 15 heavy (non-hydrogen) atoms. The molecule has 0 amide bonds. The van der Waals surface area contributed by atoms with E-state index < -0.39 is 0 Å². The van der Waals surface area contributed by atoms with Crippen molar-refractivity contribution in [3.8, 4) is 0 Å². The highest BCUT2D eigenvalue weighted by Crippen LogP contribution is 2.10. The van der Waals surface area contributed by atoms with Crippen molar-refractivity contribution >= 4 is 0 Å². The fourth-order valence-corrected chi connectivity index (χ4v) is 1.94. The van der Waals surface area contributed by atoms with Gasteiger partial charge >= 0.3 is 0 Å². The van der Waals surface area contributed by atoms with E-state index in [4.69, 9.17) is 4.74 Å². The Balaban J connectivity index is 2.34. The van der Waals surface area contributed by atoms with Crippen LogP contribution in [0, 0.1) is 0 Å². The summed E-state index contributed by atoms with van der Waals surface area (Å²) in [4.78, 5) is 0. The molecule has 2 N–H and O–H groups in total. The van der Waals surface area contributed by atoms with Crippen molar-refractivity contribution in [2.45, 2.75) is 64.8 Å². The van der Waals surface area contributed by atoms with Crippen LogP contribution in [0.25, 0.3) is 0 Å². The van der Waals surface area contributed by atoms with Crippen LogP contribution in [0.5, 0.6) is 0 Å². The molecule has 3 heteroatoms. The largest absolute Gasteiger partial charge is 0.371 e. The second-order valence-corrected chi connectivity index (χ2v) is 4.63. The van der Waals surface area contributed by atoms with Gasteiger partial charge in [0.2, 0.25) is 0 Å². The molecule has 1 rings (SSSR count). The third kappa shape index (κ3) is 4.09. The van der Waals surface area contributed by atoms with Crippen LogP contribution in [0.2, 0.25) is 0 Å². The lowest BCUT2D eigenvalue weighted by Crippen LogP contribution is -2.54. The number of morpholine rings is 1. The van der Waals surface area contributed by atoms with E-state index >= 15 is 0 Å². The van der Waals surface area contributed by atoms with Crippen molar-refractivity contribution < 1.29 is 4.74 Å². The number of hydrogen-bond donors (Lipinski definition) is 2. The van der Waals surface area contributed by atoms with Crippen molar-refractivity contribution in [2.75, 3.05) is 13.1 Å². The first kappa shape index (κ1) is 12.9. The van der Waals surface area contributed by atoms with Crippen molar-refractivity contribution in [3.63, 3.8) is 0 Å². The molecule has 0 aromatic heterocycles. The molecule has 90 valence electrons. The predicted octanol–water partition coefficient (Wildman–Crippen LogP) is 1.53. The molecule has 1 heterocycles. The maximum Gasteiger partial charge on any atom is 0.0853 e. The van der Waals surface area contributed by atoms with Crippen molar-refractivity contribution in [3.05, 3.63) is 0 Å². The van der Waals surface area contributed by atoms with Crippen LogP contribution < -0.4 is 10.6 Å². The molecule has 1 aliphatic heterocycles. The van der Waals surface area contributed by atoms with Crippen LogP contribution in [0.15, 0.2) is 0 Å². The van der Waals surface area contributed by atoms with Gasteiger partial charge in [0, 0.05) is 25.2 Å². The molecular formula is C12H26N2O. The topological polar surface area (TPSA) is 33.3 Å². The third-order valence-corrected chi connectivity index (χ3v) is 3.26. The van der Waals surface area contributed by atoms with Gasteiger partial charge < -0.3 is 15.4 Å². The summed E-state index contributed by atoms with van der Waals surface area (Å²) in [7, 11) is 0. The van der Waals surface area contributed by atoms with Crippen LogP contribution in [-0.4, -0.2) is 37.4 Å². The van der Waals surface area contributed by atoms with E-state index in [1.54, 1.807) is 0 Å². The summed E-state index contributed by atoms with van der Waals surface area (Å²) < 4.78 is 6.02. The Morgan fingerprint density at radius 2 is 2.07 bits per heavy atom. The van der Waals surface area contributed by atoms with Crippen molar-refractivity contribution in [1.82, 2.24) is 10.6 Å². The SMILES string of the molecule is CCC(C)NC(C)C1CNCC(CC)O1. The summed E-state index contributed by atoms with van der Waals surface area (Å²) in [5.41, 5.74) is 0. The van der Waals surface area contributed by atoms with Crippen LogP contribution in [0.3, 0.4) is 0 Å². The summed E-state index contributed by atoms with van der Waals surface area (Å²) in [6.07, 6.45) is 2.98. The van der Waals surface area contributed by atoms with E-state index in [0.717, 1.165) is 19.5 Å². The summed E-state index contributed by atoms with van der Waals surface area (Å²) in [5.74, 6) is 0. The Labute approximate surface area is 94.0 Å². The van der Waals surface area contributed by atoms with Crippen LogP contribution in [-0.2, 0) is 4.74 Å². The number of ether oxygens (including phenoxy) is 1. The molecule has 1 saturated heterocycles. The standard InChI is InChI=1S/C12H26N2O/c1-5-9(3)14-10(4)12-8-13-7-11(6-2)15-12/h9-14H,5-8H2,1-4H3. The van der Waals surface area contributed by atoms with Gasteiger partial charge in [0.25, 0.3) is 0 Å². The molecule has 1 aliphatic rings. The van der Waals surface area contributed by atoms with E-state index in [9.17, 15) is 0 Å². The average Bonchev–Trinajstić information content (AvgIpc) is 2.28. The number of nitrogens with one attached hydrogen (secondary N) is 2. The minimum atomic E-state index is 0.317. The van der Waals surface area contributed by atoms with E-state index in [-0.39, 0.29) is 0 Å². The fourth-order valence-electron chi connectivity index (χ4n) is 1.94. The molecular weight excluding hydrogens is 188 g/mol. The highest BCUT2D eigenvalue weighted by molar-refractivity contribution is 4.82. The molecule has 3 nitrogen and oxygen atoms in total. The first-order valence-electron chi connectivity index (χ1n) is 6.29. The maximum absolute atomic E-state index is 6.02. The molecule has 1 fully saturated rings. The summed E-state index contributed by atoms with van der Waals surface area (Å²) in [5, 5.41) is 7.02. The monoisotopic (exact) mass is 214 g/mol. The zero-order valence-corrected chi connectivity index (χ0v) is 10.5. The molecule has 0 saturated carbocycles. The summed E-state index contributed by atoms with van der Waals surface area (Å²) in [6, 6.07) is 1.01. The van der Waals surface area contributed by atoms with Crippen LogP contribution >= 0.6 is 0 Å². The Morgan fingerprint density at radius 3 is 2.67 bits per heavy atom. The smallest absolute Gasteiger partial charge is 0.0853 e. The van der Waals surface area contributed by atoms with Gasteiger partial charge in [0.1, 0.15) is 0 Å². The molecule has 0 spiro atoms. The highest BCUT2D eigenvalue weighted by atomic mass is 16.5. The van der Waals surface area contributed by atoms with Gasteiger partial charge in [-0.05, 0) is 26.7 Å². The third-order valence-electron chi connectivity index (χ3n) is 3.26. The lowest BCUT2D eigenvalue weighted by atomic mass is 10.1. The van der Waals surface area contributed by atoms with E-state index in [1.165, 1.54) is 6.42 Å². The number of hydrogen-bond acceptors (Lipinski definition) is 3. The Bertz CT molecular complexity index is 175. The molecule has 4 atom stereocenters. The Hall–Kier alpha value is -0.120. The Kier molecular flexibility index (Phi) is 5.58. The van der Waals surface area contributed by atoms with E-state index in [1.807, 2.05) is 0 Å². The van der Waals surface area contributed by atoms with Gasteiger partial charge in [-0.1, -0.05) is 13.8 Å². The van der Waals surface area contributed by atoms with E-state index in [0.29, 0.717) is 24.3 Å². The Morgan fingerprint density at radius 1 is 1.33 bits per heavy atom. The number of rotatable bonds is 5. The van der Waals surface area contributed by atoms with Gasteiger partial charge in [-0.3, -0.25) is 0 Å². The lowest BCUT2D eigenvalue weighted by molar-refractivity contribution is -0.0539. The molecule has 4 unspecified atom stereocenters. The van der Waals surface area contributed by atoms with Crippen LogP contribution in [0.1, 0.15) is 40.5 Å². The lowest BCUT2D eigenvalue weighted by Gasteiger charge is -2.35. The molecule has 0 radical (unpaired) electrons. The minimum absolute atomic E-state index is 0.317. The quantitative estimate of drug-likeness (QED) is 0.728. The zero-order valence-electron chi connectivity index (χ0n) is 10.5. The second-order valence-electron chi connectivity index (χ2n) is 4.63. The van der Waals surface area contributed by atoms with E-state index in [2.05, 4.69) is 38.3 Å². The van der Waals surface area contributed by atoms with Crippen molar-refractivity contribution in [1.29, 1.82) is 0 Å². The predicted molar refractivity (Wildman–Crippen MR) is 64.2 cm³/mol. The van der Waals surface area contributed by atoms with Gasteiger partial charge in [-0.15, -0.1) is 0 Å². The maximum atomic E-state index is 6.02. The normalized spacial score (nSPS) is 31.2. The minimum Gasteiger partial charge on any atom is -0.371 e. The molecule has 0 aromatic rings. The first-order valence-corrected chi connectivity index (χ1v) is 6.29. The first-order chi connectivity index (χ1) is 7.17. The molecule has 0 bridgehead atoms. The van der Waals surface area contributed by atoms with Gasteiger partial charge in [-0.2, -0.15) is 0 Å². The molecule has 0 aromatic carbocycles. The van der Waals surface area contributed by atoms with Gasteiger partial charge in [-0.25, -0.2) is 0 Å². The average molecular weight is 214 g/mol. The fraction of sp³-hybridized carbons (Fsp3) is 1.00. The molecule has 0 aliphatic carbocycles. The summed E-state index contributed by atoms with van der Waals surface area (Å²) in [6.45, 7) is 10.8. The van der Waals surface area contributed by atoms with Gasteiger partial charge in [0.15, 0.2) is 0 Å². The van der Waals surface area contributed by atoms with Gasteiger partial charge in [0.05, 0.1) is 12.2 Å². The second kappa shape index (κ2) is 6.46. The van der Waals surface area contributed by atoms with Crippen molar-refractivity contribution in [2.24, 2.45) is 0 Å². The zero-order chi connectivity index (χ0) is 11.3. The van der Waals surface area contributed by atoms with Crippen LogP contribution in [0.4, 0.5) is 0 Å².